The van der Waals surface area contributed by atoms with Crippen molar-refractivity contribution in [3.05, 3.63) is 102 Å². The fraction of sp³-hybridized carbons (Fsp3) is 0.179. The van der Waals surface area contributed by atoms with Gasteiger partial charge in [-0.3, -0.25) is 4.79 Å². The van der Waals surface area contributed by atoms with Crippen LogP contribution in [0.25, 0.3) is 10.8 Å². The van der Waals surface area contributed by atoms with Gasteiger partial charge in [-0.05, 0) is 53.1 Å². The van der Waals surface area contributed by atoms with Gasteiger partial charge in [0, 0.05) is 12.0 Å². The SMILES string of the molecule is COc1ccc(OCCCC(=O)NC(c2ccccc2)c2c(O)ccc3ccccc23)cc1. The molecule has 5 nitrogen and oxygen atoms in total. The molecule has 4 rings (SSSR count). The quantitative estimate of drug-likeness (QED) is 0.331. The fourth-order valence-corrected chi connectivity index (χ4v) is 3.88. The highest BCUT2D eigenvalue weighted by Gasteiger charge is 2.22. The highest BCUT2D eigenvalue weighted by atomic mass is 16.5. The fourth-order valence-electron chi connectivity index (χ4n) is 3.88. The lowest BCUT2D eigenvalue weighted by Crippen LogP contribution is -2.29. The van der Waals surface area contributed by atoms with Crippen LogP contribution < -0.4 is 14.8 Å². The van der Waals surface area contributed by atoms with Crippen LogP contribution in [0.4, 0.5) is 0 Å². The number of phenolic OH excluding ortho intramolecular Hbond substituents is 1. The Morgan fingerprint density at radius 3 is 2.33 bits per heavy atom. The van der Waals surface area contributed by atoms with E-state index in [2.05, 4.69) is 5.32 Å². The number of ether oxygens (including phenoxy) is 2. The summed E-state index contributed by atoms with van der Waals surface area (Å²) in [4.78, 5) is 12.9. The summed E-state index contributed by atoms with van der Waals surface area (Å²) < 4.78 is 10.9. The summed E-state index contributed by atoms with van der Waals surface area (Å²) in [6.07, 6.45) is 0.881. The molecule has 0 aliphatic heterocycles. The molecule has 168 valence electrons. The minimum Gasteiger partial charge on any atom is -0.508 e. The van der Waals surface area contributed by atoms with Crippen LogP contribution in [0.3, 0.4) is 0 Å². The van der Waals surface area contributed by atoms with Gasteiger partial charge in [0.1, 0.15) is 17.2 Å². The number of amides is 1. The van der Waals surface area contributed by atoms with E-state index in [0.717, 1.165) is 27.8 Å². The topological polar surface area (TPSA) is 67.8 Å². The highest BCUT2D eigenvalue weighted by molar-refractivity contribution is 5.89. The number of rotatable bonds is 9. The molecule has 5 heteroatoms. The number of methoxy groups -OCH3 is 1. The summed E-state index contributed by atoms with van der Waals surface area (Å²) in [5.74, 6) is 1.56. The second-order valence-corrected chi connectivity index (χ2v) is 7.76. The highest BCUT2D eigenvalue weighted by Crippen LogP contribution is 2.35. The Balaban J connectivity index is 1.47. The Bertz CT molecular complexity index is 1210. The molecule has 0 aliphatic carbocycles. The van der Waals surface area contributed by atoms with Crippen LogP contribution in [0.2, 0.25) is 0 Å². The normalized spacial score (nSPS) is 11.7. The van der Waals surface area contributed by atoms with Gasteiger partial charge in [0.25, 0.3) is 0 Å². The van der Waals surface area contributed by atoms with E-state index in [9.17, 15) is 9.90 Å². The number of hydrogen-bond acceptors (Lipinski definition) is 4. The number of fused-ring (bicyclic) bond motifs is 1. The maximum absolute atomic E-state index is 12.9. The smallest absolute Gasteiger partial charge is 0.220 e. The largest absolute Gasteiger partial charge is 0.508 e. The van der Waals surface area contributed by atoms with E-state index in [0.29, 0.717) is 25.0 Å². The summed E-state index contributed by atoms with van der Waals surface area (Å²) in [5, 5.41) is 15.8. The number of benzene rings is 4. The average molecular weight is 442 g/mol. The van der Waals surface area contributed by atoms with Gasteiger partial charge in [0.05, 0.1) is 19.8 Å². The molecule has 4 aromatic rings. The summed E-state index contributed by atoms with van der Waals surface area (Å²) in [6.45, 7) is 0.426. The summed E-state index contributed by atoms with van der Waals surface area (Å²) in [6, 6.07) is 28.0. The molecule has 0 fully saturated rings. The Hall–Kier alpha value is -3.99. The van der Waals surface area contributed by atoms with Crippen molar-refractivity contribution in [2.45, 2.75) is 18.9 Å². The van der Waals surface area contributed by atoms with Crippen molar-refractivity contribution in [3.8, 4) is 17.2 Å². The lowest BCUT2D eigenvalue weighted by molar-refractivity contribution is -0.121. The van der Waals surface area contributed by atoms with Crippen molar-refractivity contribution in [2.75, 3.05) is 13.7 Å². The van der Waals surface area contributed by atoms with E-state index in [1.165, 1.54) is 0 Å². The van der Waals surface area contributed by atoms with Gasteiger partial charge in [-0.1, -0.05) is 60.7 Å². The van der Waals surface area contributed by atoms with Crippen molar-refractivity contribution >= 4 is 16.7 Å². The van der Waals surface area contributed by atoms with E-state index in [-0.39, 0.29) is 11.7 Å². The molecule has 0 aliphatic rings. The number of carbonyl (C=O) groups excluding carboxylic acids is 1. The zero-order valence-corrected chi connectivity index (χ0v) is 18.5. The number of hydrogen-bond donors (Lipinski definition) is 2. The van der Waals surface area contributed by atoms with E-state index >= 15 is 0 Å². The van der Waals surface area contributed by atoms with Crippen molar-refractivity contribution in [1.29, 1.82) is 0 Å². The third-order valence-electron chi connectivity index (χ3n) is 5.55. The molecule has 0 saturated carbocycles. The Labute approximate surface area is 193 Å². The lowest BCUT2D eigenvalue weighted by Gasteiger charge is -2.22. The molecule has 4 aromatic carbocycles. The minimum atomic E-state index is -0.465. The van der Waals surface area contributed by atoms with Gasteiger partial charge in [-0.25, -0.2) is 0 Å². The van der Waals surface area contributed by atoms with Crippen LogP contribution in [-0.4, -0.2) is 24.7 Å². The van der Waals surface area contributed by atoms with Crippen molar-refractivity contribution in [3.63, 3.8) is 0 Å². The molecule has 1 atom stereocenters. The third-order valence-corrected chi connectivity index (χ3v) is 5.55. The second kappa shape index (κ2) is 10.6. The maximum Gasteiger partial charge on any atom is 0.220 e. The van der Waals surface area contributed by atoms with Crippen molar-refractivity contribution < 1.29 is 19.4 Å². The first-order valence-electron chi connectivity index (χ1n) is 11.0. The van der Waals surface area contributed by atoms with E-state index < -0.39 is 6.04 Å². The summed E-state index contributed by atoms with van der Waals surface area (Å²) >= 11 is 0. The number of aromatic hydroxyl groups is 1. The first kappa shape index (κ1) is 22.2. The van der Waals surface area contributed by atoms with Crippen molar-refractivity contribution in [2.24, 2.45) is 0 Å². The summed E-state index contributed by atoms with van der Waals surface area (Å²) in [5.41, 5.74) is 1.61. The van der Waals surface area contributed by atoms with Crippen LogP contribution in [0.1, 0.15) is 30.0 Å². The number of carbonyl (C=O) groups is 1. The number of phenols is 1. The van der Waals surface area contributed by atoms with Crippen LogP contribution in [0, 0.1) is 0 Å². The molecule has 2 N–H and O–H groups in total. The average Bonchev–Trinajstić information content (AvgIpc) is 2.86. The lowest BCUT2D eigenvalue weighted by atomic mass is 9.92. The van der Waals surface area contributed by atoms with Gasteiger partial charge < -0.3 is 19.9 Å². The molecule has 0 radical (unpaired) electrons. The maximum atomic E-state index is 12.9. The first-order valence-corrected chi connectivity index (χ1v) is 11.0. The van der Waals surface area contributed by atoms with Gasteiger partial charge in [0.2, 0.25) is 5.91 Å². The molecular formula is C28H27NO4. The van der Waals surface area contributed by atoms with Crippen LogP contribution in [0.5, 0.6) is 17.2 Å². The number of nitrogens with one attached hydrogen (secondary N) is 1. The first-order chi connectivity index (χ1) is 16.2. The molecule has 33 heavy (non-hydrogen) atoms. The monoisotopic (exact) mass is 441 g/mol. The molecule has 0 aromatic heterocycles. The van der Waals surface area contributed by atoms with E-state index in [4.69, 9.17) is 9.47 Å². The molecule has 0 heterocycles. The van der Waals surface area contributed by atoms with Gasteiger partial charge >= 0.3 is 0 Å². The van der Waals surface area contributed by atoms with Gasteiger partial charge in [-0.15, -0.1) is 0 Å². The van der Waals surface area contributed by atoms with Crippen LogP contribution in [-0.2, 0) is 4.79 Å². The molecule has 0 saturated heterocycles. The molecular weight excluding hydrogens is 414 g/mol. The van der Waals surface area contributed by atoms with E-state index in [1.54, 1.807) is 13.2 Å². The molecule has 1 amide bonds. The third kappa shape index (κ3) is 5.44. The zero-order valence-electron chi connectivity index (χ0n) is 18.5. The predicted octanol–water partition coefficient (Wildman–Crippen LogP) is 5.62. The van der Waals surface area contributed by atoms with Gasteiger partial charge in [0.15, 0.2) is 0 Å². The Morgan fingerprint density at radius 1 is 0.879 bits per heavy atom. The van der Waals surface area contributed by atoms with E-state index in [1.807, 2.05) is 84.9 Å². The Kier molecular flexibility index (Phi) is 7.10. The Morgan fingerprint density at radius 2 is 1.58 bits per heavy atom. The second-order valence-electron chi connectivity index (χ2n) is 7.76. The molecule has 0 spiro atoms. The van der Waals surface area contributed by atoms with Gasteiger partial charge in [-0.2, -0.15) is 0 Å². The molecule has 0 bridgehead atoms. The summed E-state index contributed by atoms with van der Waals surface area (Å²) in [7, 11) is 1.62. The van der Waals surface area contributed by atoms with Crippen LogP contribution >= 0.6 is 0 Å². The predicted molar refractivity (Wildman–Crippen MR) is 130 cm³/mol. The molecule has 1 unspecified atom stereocenters. The standard InChI is InChI=1S/C28H27NO4/c1-32-22-14-16-23(17-15-22)33-19-7-12-26(31)29-28(21-9-3-2-4-10-21)27-24-11-6-5-8-20(24)13-18-25(27)30/h2-6,8-11,13-18,28,30H,7,12,19H2,1H3,(H,29,31). The zero-order chi connectivity index (χ0) is 23.0. The van der Waals surface area contributed by atoms with Crippen LogP contribution in [0.15, 0.2) is 91.0 Å². The minimum absolute atomic E-state index is 0.102. The van der Waals surface area contributed by atoms with Crippen molar-refractivity contribution in [1.82, 2.24) is 5.32 Å².